The fourth-order valence-electron chi connectivity index (χ4n) is 12.8. The maximum atomic E-state index is 17.2. The Hall–Kier alpha value is -6.60. The highest BCUT2D eigenvalue weighted by Gasteiger charge is 2.46. The molecule has 2 bridgehead atoms. The third-order valence-electron chi connectivity index (χ3n) is 16.7. The van der Waals surface area contributed by atoms with E-state index in [1.807, 2.05) is 18.2 Å². The van der Waals surface area contributed by atoms with E-state index < -0.39 is 17.7 Å². The Morgan fingerprint density at radius 1 is 0.903 bits per heavy atom. The largest absolute Gasteiger partial charge is 0.508 e. The lowest BCUT2D eigenvalue weighted by Crippen LogP contribution is -2.51. The van der Waals surface area contributed by atoms with E-state index in [1.54, 1.807) is 11.1 Å². The molecule has 72 heavy (non-hydrogen) atoms. The Morgan fingerprint density at radius 2 is 1.68 bits per heavy atom. The molecule has 370 valence electrons. The first-order valence-electron chi connectivity index (χ1n) is 25.8. The lowest BCUT2D eigenvalue weighted by atomic mass is 9.85. The molecule has 3 atom stereocenters. The Balaban J connectivity index is 0.700. The summed E-state index contributed by atoms with van der Waals surface area (Å²) in [6.45, 7) is 7.92. The van der Waals surface area contributed by atoms with Gasteiger partial charge in [-0.1, -0.05) is 30.2 Å². The second-order valence-corrected chi connectivity index (χ2v) is 21.3. The van der Waals surface area contributed by atoms with Gasteiger partial charge >= 0.3 is 6.01 Å². The second-order valence-electron chi connectivity index (χ2n) is 21.3. The summed E-state index contributed by atoms with van der Waals surface area (Å²) in [6.07, 6.45) is 18.0. The molecule has 1 aliphatic carbocycles. The molecule has 13 nitrogen and oxygen atoms in total. The number of hydrogen-bond donors (Lipinski definition) is 2. The number of likely N-dealkylation sites (tertiary alicyclic amines) is 2. The first-order valence-corrected chi connectivity index (χ1v) is 25.8. The average molecular weight is 973 g/mol. The second kappa shape index (κ2) is 18.8. The number of piperazine rings is 1. The van der Waals surface area contributed by atoms with Crippen molar-refractivity contribution in [2.75, 3.05) is 68.8 Å². The molecule has 0 spiro atoms. The summed E-state index contributed by atoms with van der Waals surface area (Å²) in [5.74, 6) is 2.33. The van der Waals surface area contributed by atoms with Crippen LogP contribution in [0.5, 0.6) is 11.8 Å². The van der Waals surface area contributed by atoms with Crippen molar-refractivity contribution < 1.29 is 33.0 Å². The highest BCUT2D eigenvalue weighted by molar-refractivity contribution is 6.26. The molecule has 6 aromatic rings. The number of nitrogens with zero attached hydrogens (tertiary/aromatic N) is 7. The Kier molecular flexibility index (Phi) is 12.1. The van der Waals surface area contributed by atoms with Crippen LogP contribution in [0.15, 0.2) is 60.8 Å². The summed E-state index contributed by atoms with van der Waals surface area (Å²) >= 11 is 0. The highest BCUT2D eigenvalue weighted by atomic mass is 19.1. The van der Waals surface area contributed by atoms with Crippen LogP contribution in [0.25, 0.3) is 43.7 Å². The van der Waals surface area contributed by atoms with Crippen molar-refractivity contribution in [3.05, 3.63) is 89.1 Å². The minimum atomic E-state index is -0.727. The van der Waals surface area contributed by atoms with Gasteiger partial charge in [0.1, 0.15) is 41.2 Å². The van der Waals surface area contributed by atoms with E-state index in [1.165, 1.54) is 29.8 Å². The first-order chi connectivity index (χ1) is 35.1. The van der Waals surface area contributed by atoms with Crippen LogP contribution in [0.1, 0.15) is 91.6 Å². The molecular formula is C57H58F2N8O5. The van der Waals surface area contributed by atoms with Gasteiger partial charge in [-0.2, -0.15) is 9.97 Å². The normalized spacial score (nSPS) is 21.7. The molecule has 6 aliphatic rings. The predicted octanol–water partition coefficient (Wildman–Crippen LogP) is 8.16. The quantitative estimate of drug-likeness (QED) is 0.0757. The molecule has 0 radical (unpaired) electrons. The van der Waals surface area contributed by atoms with Gasteiger partial charge in [-0.25, -0.2) is 8.78 Å². The number of anilines is 2. The first kappa shape index (κ1) is 46.5. The maximum absolute atomic E-state index is 17.2. The maximum Gasteiger partial charge on any atom is 0.319 e. The number of nitrogens with one attached hydrogen (secondary N) is 1. The summed E-state index contributed by atoms with van der Waals surface area (Å²) < 4.78 is 38.7. The summed E-state index contributed by atoms with van der Waals surface area (Å²) in [5.41, 5.74) is 2.69. The van der Waals surface area contributed by atoms with Crippen molar-refractivity contribution in [1.82, 2.24) is 30.1 Å². The van der Waals surface area contributed by atoms with Gasteiger partial charge in [0.15, 0.2) is 5.82 Å². The number of carbonyl (C=O) groups is 3. The van der Waals surface area contributed by atoms with Crippen LogP contribution in [0.4, 0.5) is 20.3 Å². The van der Waals surface area contributed by atoms with Crippen molar-refractivity contribution in [3.63, 3.8) is 0 Å². The van der Waals surface area contributed by atoms with Crippen LogP contribution < -0.4 is 19.9 Å². The van der Waals surface area contributed by atoms with E-state index in [0.717, 1.165) is 120 Å². The molecule has 1 saturated carbocycles. The minimum absolute atomic E-state index is 0.0374. The number of rotatable bonds is 15. The number of phenolic OH excluding ortho intramolecular Hbond substituents is 1. The topological polar surface area (TPSA) is 144 Å². The Morgan fingerprint density at radius 3 is 2.42 bits per heavy atom. The fourth-order valence-corrected chi connectivity index (χ4v) is 12.8. The number of terminal acetylenes is 1. The van der Waals surface area contributed by atoms with Gasteiger partial charge in [-0.3, -0.25) is 14.7 Å². The van der Waals surface area contributed by atoms with E-state index in [4.69, 9.17) is 21.1 Å². The molecule has 5 aliphatic heterocycles. The van der Waals surface area contributed by atoms with Gasteiger partial charge in [0.05, 0.1) is 29.3 Å². The van der Waals surface area contributed by atoms with E-state index in [0.29, 0.717) is 72.2 Å². The number of aromatic nitrogens is 3. The molecule has 12 rings (SSSR count). The fraction of sp³-hybridized carbons (Fsp3) is 0.439. The number of carbonyl (C=O) groups excluding carboxylic acids is 3. The third kappa shape index (κ3) is 8.40. The molecule has 7 heterocycles. The van der Waals surface area contributed by atoms with Crippen LogP contribution in [-0.2, 0) is 9.59 Å². The molecule has 2 aromatic heterocycles. The number of benzene rings is 4. The number of halogens is 2. The van der Waals surface area contributed by atoms with Crippen molar-refractivity contribution in [1.29, 1.82) is 0 Å². The third-order valence-corrected chi connectivity index (χ3v) is 16.7. The highest BCUT2D eigenvalue weighted by Crippen LogP contribution is 2.48. The van der Waals surface area contributed by atoms with Crippen LogP contribution >= 0.6 is 0 Å². The van der Waals surface area contributed by atoms with Crippen LogP contribution in [0.3, 0.4) is 0 Å². The number of pyridine rings is 1. The van der Waals surface area contributed by atoms with E-state index >= 15 is 8.78 Å². The molecule has 4 saturated heterocycles. The number of aromatic hydroxyl groups is 1. The zero-order valence-electron chi connectivity index (χ0n) is 40.3. The van der Waals surface area contributed by atoms with Gasteiger partial charge in [0.25, 0.3) is 5.91 Å². The summed E-state index contributed by atoms with van der Waals surface area (Å²) in [4.78, 5) is 60.0. The van der Waals surface area contributed by atoms with Gasteiger partial charge in [-0.05, 0) is 142 Å². The number of fused-ring (bicyclic) bond motifs is 4. The van der Waals surface area contributed by atoms with Crippen LogP contribution in [0, 0.1) is 35.3 Å². The van der Waals surface area contributed by atoms with Crippen LogP contribution in [0.2, 0.25) is 0 Å². The Labute approximate surface area is 416 Å². The molecular weight excluding hydrogens is 915 g/mol. The molecule has 5 fully saturated rings. The van der Waals surface area contributed by atoms with E-state index in [-0.39, 0.29) is 57.2 Å². The summed E-state index contributed by atoms with van der Waals surface area (Å²) in [5, 5.41) is 17.6. The zero-order valence-corrected chi connectivity index (χ0v) is 40.3. The number of ether oxygens (including phenoxy) is 1. The van der Waals surface area contributed by atoms with Gasteiger partial charge < -0.3 is 39.4 Å². The number of aldehydes is 2. The van der Waals surface area contributed by atoms with Crippen molar-refractivity contribution in [2.24, 2.45) is 11.3 Å². The monoisotopic (exact) mass is 972 g/mol. The van der Waals surface area contributed by atoms with Crippen molar-refractivity contribution >= 4 is 62.4 Å². The molecule has 2 N–H and O–H groups in total. The SMILES string of the molecule is C#Cc1c(F)ccc2cc(O)cc(-c3ncc4c(N5CC6CCC(C5)N6)nc(OCC5(CN6CCC(CN7CCC(c8ccc9c%10c(cccc8%10)C(=O)N9C(C=O)CCC=O)CC7)CC6)CC5)nc4c3F)c12. The predicted molar refractivity (Wildman–Crippen MR) is 273 cm³/mol. The zero-order chi connectivity index (χ0) is 49.3. The molecule has 4 aromatic carbocycles. The minimum Gasteiger partial charge on any atom is -0.508 e. The lowest BCUT2D eigenvalue weighted by molar-refractivity contribution is -0.109. The van der Waals surface area contributed by atoms with E-state index in [2.05, 4.69) is 43.1 Å². The van der Waals surface area contributed by atoms with Crippen LogP contribution in [-0.4, -0.2) is 125 Å². The average Bonchev–Trinajstić information content (AvgIpc) is 4.00. The smallest absolute Gasteiger partial charge is 0.319 e. The number of phenols is 1. The summed E-state index contributed by atoms with van der Waals surface area (Å²) in [6, 6.07) is 15.7. The van der Waals surface area contributed by atoms with Crippen molar-refractivity contribution in [3.8, 4) is 35.4 Å². The number of amides is 1. The molecule has 1 amide bonds. The van der Waals surface area contributed by atoms with Gasteiger partial charge in [0.2, 0.25) is 0 Å². The van der Waals surface area contributed by atoms with Gasteiger partial charge in [0, 0.05) is 78.2 Å². The molecule has 15 heteroatoms. The number of piperidine rings is 2. The lowest BCUT2D eigenvalue weighted by Gasteiger charge is -2.39. The summed E-state index contributed by atoms with van der Waals surface area (Å²) in [7, 11) is 0. The standard InChI is InChI=1S/C57H58F2N8O5/c1-2-41-47(58)12-8-36-25-40(70)26-45(49(36)41)52-51(59)53-46(27-60-52)54(66-29-37-9-10-38(30-66)61-37)63-56(62-53)72-33-57(18-19-57)32-65-20-14-34(15-21-65)28-64-22-16-35(17-23-64)42-11-13-48-50-43(42)6-3-7-44(50)55(71)67(48)39(31-69)5-4-24-68/h1,3,6-8,11-13,24-27,31,34-35,37-39,61,70H,4-5,9-10,14-23,28-30,32-33H2. The van der Waals surface area contributed by atoms with E-state index in [9.17, 15) is 19.5 Å². The number of hydrogen-bond acceptors (Lipinski definition) is 12. The Bertz CT molecular complexity index is 3180. The van der Waals surface area contributed by atoms with Gasteiger partial charge in [-0.15, -0.1) is 6.42 Å². The van der Waals surface area contributed by atoms with Crippen molar-refractivity contribution in [2.45, 2.75) is 88.3 Å². The molecule has 3 unspecified atom stereocenters.